The van der Waals surface area contributed by atoms with Crippen LogP contribution in [0.15, 0.2) is 0 Å². The summed E-state index contributed by atoms with van der Waals surface area (Å²) in [6.45, 7) is 2.70. The molecule has 58 valence electrons. The molecule has 0 spiro atoms. The first-order valence-electron chi connectivity index (χ1n) is 3.56. The minimum atomic E-state index is 0.509. The third-order valence-corrected chi connectivity index (χ3v) is 1.74. The zero-order valence-electron chi connectivity index (χ0n) is 5.91. The molecular formula is C7H12O3. The minimum absolute atomic E-state index is 0.509. The molecule has 0 saturated carbocycles. The highest BCUT2D eigenvalue weighted by atomic mass is 16.5. The van der Waals surface area contributed by atoms with Gasteiger partial charge in [-0.2, -0.15) is 0 Å². The first-order valence-corrected chi connectivity index (χ1v) is 3.56. The molecule has 3 heteroatoms. The summed E-state index contributed by atoms with van der Waals surface area (Å²) in [5.41, 5.74) is 0. The monoisotopic (exact) mass is 144 g/mol. The Labute approximate surface area is 60.3 Å². The van der Waals surface area contributed by atoms with Crippen LogP contribution in [-0.2, 0) is 14.3 Å². The van der Waals surface area contributed by atoms with Crippen molar-refractivity contribution < 1.29 is 14.3 Å². The summed E-state index contributed by atoms with van der Waals surface area (Å²) >= 11 is 0. The van der Waals surface area contributed by atoms with Crippen molar-refractivity contribution in [2.24, 2.45) is 5.92 Å². The van der Waals surface area contributed by atoms with Gasteiger partial charge in [-0.25, -0.2) is 0 Å². The Kier molecular flexibility index (Phi) is 3.22. The van der Waals surface area contributed by atoms with E-state index in [1.165, 1.54) is 0 Å². The van der Waals surface area contributed by atoms with Crippen LogP contribution in [-0.4, -0.2) is 26.3 Å². The van der Waals surface area contributed by atoms with Crippen LogP contribution in [0.25, 0.3) is 0 Å². The van der Waals surface area contributed by atoms with E-state index >= 15 is 0 Å². The third-order valence-electron chi connectivity index (χ3n) is 1.74. The molecule has 1 aliphatic rings. The number of carbonyl (C=O) groups is 1. The maximum Gasteiger partial charge on any atom is 0.293 e. The topological polar surface area (TPSA) is 35.5 Å². The molecule has 0 amide bonds. The molecule has 0 aliphatic carbocycles. The number of hydrogen-bond donors (Lipinski definition) is 0. The Bertz CT molecular complexity index is 97.0. The van der Waals surface area contributed by atoms with Crippen LogP contribution in [0.5, 0.6) is 0 Å². The molecule has 1 rings (SSSR count). The van der Waals surface area contributed by atoms with Crippen molar-refractivity contribution in [1.29, 1.82) is 0 Å². The maximum absolute atomic E-state index is 9.79. The predicted octanol–water partition coefficient (Wildman–Crippen LogP) is 0.586. The second kappa shape index (κ2) is 4.28. The highest BCUT2D eigenvalue weighted by Gasteiger charge is 2.13. The standard InChI is InChI=1S/C7H12O3/c8-6-10-5-7-1-3-9-4-2-7/h6-7H,1-5H2. The Hall–Kier alpha value is -0.570. The van der Waals surface area contributed by atoms with Gasteiger partial charge < -0.3 is 9.47 Å². The van der Waals surface area contributed by atoms with E-state index in [1.807, 2.05) is 0 Å². The van der Waals surface area contributed by atoms with Crippen molar-refractivity contribution in [2.45, 2.75) is 12.8 Å². The van der Waals surface area contributed by atoms with Gasteiger partial charge in [-0.3, -0.25) is 4.79 Å². The van der Waals surface area contributed by atoms with Gasteiger partial charge in [0, 0.05) is 13.2 Å². The van der Waals surface area contributed by atoms with Crippen molar-refractivity contribution in [2.75, 3.05) is 19.8 Å². The van der Waals surface area contributed by atoms with Gasteiger partial charge >= 0.3 is 0 Å². The molecule has 3 nitrogen and oxygen atoms in total. The van der Waals surface area contributed by atoms with Gasteiger partial charge in [0.2, 0.25) is 0 Å². The SMILES string of the molecule is O=COCC1CCOCC1. The van der Waals surface area contributed by atoms with Gasteiger partial charge in [-0.1, -0.05) is 0 Å². The smallest absolute Gasteiger partial charge is 0.293 e. The van der Waals surface area contributed by atoms with Crippen LogP contribution in [0.3, 0.4) is 0 Å². The lowest BCUT2D eigenvalue weighted by Crippen LogP contribution is -2.19. The third kappa shape index (κ3) is 2.35. The van der Waals surface area contributed by atoms with Crippen molar-refractivity contribution in [3.63, 3.8) is 0 Å². The predicted molar refractivity (Wildman–Crippen MR) is 35.6 cm³/mol. The largest absolute Gasteiger partial charge is 0.468 e. The minimum Gasteiger partial charge on any atom is -0.468 e. The van der Waals surface area contributed by atoms with Crippen molar-refractivity contribution in [1.82, 2.24) is 0 Å². The van der Waals surface area contributed by atoms with Crippen molar-refractivity contribution in [3.05, 3.63) is 0 Å². The molecule has 1 aliphatic heterocycles. The van der Waals surface area contributed by atoms with Crippen LogP contribution < -0.4 is 0 Å². The normalized spacial score (nSPS) is 20.4. The second-order valence-corrected chi connectivity index (χ2v) is 2.49. The molecule has 0 radical (unpaired) electrons. The molecule has 1 fully saturated rings. The fourth-order valence-electron chi connectivity index (χ4n) is 1.09. The number of rotatable bonds is 3. The first kappa shape index (κ1) is 7.54. The Morgan fingerprint density at radius 3 is 2.80 bits per heavy atom. The molecule has 0 aromatic heterocycles. The average molecular weight is 144 g/mol. The Balaban J connectivity index is 2.07. The summed E-state index contributed by atoms with van der Waals surface area (Å²) in [4.78, 5) is 9.79. The lowest BCUT2D eigenvalue weighted by Gasteiger charge is -2.20. The summed E-state index contributed by atoms with van der Waals surface area (Å²) in [5, 5.41) is 0. The molecule has 10 heavy (non-hydrogen) atoms. The number of carbonyl (C=O) groups excluding carboxylic acids is 1. The van der Waals surface area contributed by atoms with E-state index in [-0.39, 0.29) is 0 Å². The average Bonchev–Trinajstić information content (AvgIpc) is 2.03. The fourth-order valence-corrected chi connectivity index (χ4v) is 1.09. The Morgan fingerprint density at radius 1 is 1.50 bits per heavy atom. The molecule has 1 heterocycles. The van der Waals surface area contributed by atoms with Crippen LogP contribution in [0.4, 0.5) is 0 Å². The van der Waals surface area contributed by atoms with E-state index in [1.54, 1.807) is 0 Å². The summed E-state index contributed by atoms with van der Waals surface area (Å²) in [7, 11) is 0. The van der Waals surface area contributed by atoms with Gasteiger partial charge in [0.25, 0.3) is 6.47 Å². The summed E-state index contributed by atoms with van der Waals surface area (Å²) in [5.74, 6) is 0.527. The summed E-state index contributed by atoms with van der Waals surface area (Å²) in [6, 6.07) is 0. The lowest BCUT2D eigenvalue weighted by atomic mass is 10.0. The van der Waals surface area contributed by atoms with Crippen LogP contribution in [0.2, 0.25) is 0 Å². The summed E-state index contributed by atoms with van der Waals surface area (Å²) in [6.07, 6.45) is 2.04. The van der Waals surface area contributed by atoms with E-state index in [0.29, 0.717) is 19.0 Å². The van der Waals surface area contributed by atoms with E-state index < -0.39 is 0 Å². The highest BCUT2D eigenvalue weighted by molar-refractivity contribution is 5.36. The van der Waals surface area contributed by atoms with Crippen molar-refractivity contribution in [3.8, 4) is 0 Å². The quantitative estimate of drug-likeness (QED) is 0.544. The number of ether oxygens (including phenoxy) is 2. The van der Waals surface area contributed by atoms with Crippen LogP contribution in [0, 0.1) is 5.92 Å². The molecule has 0 bridgehead atoms. The lowest BCUT2D eigenvalue weighted by molar-refractivity contribution is -0.130. The molecule has 0 aromatic rings. The molecule has 0 N–H and O–H groups in total. The van der Waals surface area contributed by atoms with Crippen molar-refractivity contribution >= 4 is 6.47 Å². The van der Waals surface area contributed by atoms with Gasteiger partial charge in [0.15, 0.2) is 0 Å². The summed E-state index contributed by atoms with van der Waals surface area (Å²) < 4.78 is 9.77. The molecule has 0 aromatic carbocycles. The zero-order valence-corrected chi connectivity index (χ0v) is 5.91. The first-order chi connectivity index (χ1) is 4.93. The Morgan fingerprint density at radius 2 is 2.20 bits per heavy atom. The van der Waals surface area contributed by atoms with Gasteiger partial charge in [0.1, 0.15) is 0 Å². The van der Waals surface area contributed by atoms with Gasteiger partial charge in [0.05, 0.1) is 6.61 Å². The number of hydrogen-bond acceptors (Lipinski definition) is 3. The molecule has 1 saturated heterocycles. The zero-order chi connectivity index (χ0) is 7.23. The van der Waals surface area contributed by atoms with Crippen LogP contribution >= 0.6 is 0 Å². The van der Waals surface area contributed by atoms with E-state index in [0.717, 1.165) is 26.1 Å². The van der Waals surface area contributed by atoms with E-state index in [4.69, 9.17) is 4.74 Å². The molecule has 0 unspecified atom stereocenters. The highest BCUT2D eigenvalue weighted by Crippen LogP contribution is 2.13. The maximum atomic E-state index is 9.79. The molecule has 0 atom stereocenters. The molecular weight excluding hydrogens is 132 g/mol. The second-order valence-electron chi connectivity index (χ2n) is 2.49. The fraction of sp³-hybridized carbons (Fsp3) is 0.857. The van der Waals surface area contributed by atoms with Gasteiger partial charge in [-0.15, -0.1) is 0 Å². The van der Waals surface area contributed by atoms with Gasteiger partial charge in [-0.05, 0) is 18.8 Å². The van der Waals surface area contributed by atoms with E-state index in [9.17, 15) is 4.79 Å². The van der Waals surface area contributed by atoms with E-state index in [2.05, 4.69) is 4.74 Å². The van der Waals surface area contributed by atoms with Crippen LogP contribution in [0.1, 0.15) is 12.8 Å².